The number of piperazine rings is 1. The number of sulfonamides is 1. The Bertz CT molecular complexity index is 1040. The fourth-order valence-electron chi connectivity index (χ4n) is 3.03. The first kappa shape index (κ1) is 22.6. The topological polar surface area (TPSA) is 105 Å². The van der Waals surface area contributed by atoms with E-state index < -0.39 is 46.4 Å². The minimum Gasteiger partial charge on any atom is -0.406 e. The van der Waals surface area contributed by atoms with Gasteiger partial charge in [-0.15, -0.1) is 13.2 Å². The van der Waals surface area contributed by atoms with Gasteiger partial charge in [-0.25, -0.2) is 8.42 Å². The van der Waals surface area contributed by atoms with Crippen LogP contribution in [0.4, 0.5) is 18.9 Å². The van der Waals surface area contributed by atoms with Crippen molar-refractivity contribution >= 4 is 27.5 Å². The molecule has 12 heteroatoms. The van der Waals surface area contributed by atoms with Crippen LogP contribution in [0.3, 0.4) is 0 Å². The molecule has 1 fully saturated rings. The molecule has 0 aromatic heterocycles. The number of alkyl halides is 3. The summed E-state index contributed by atoms with van der Waals surface area (Å²) < 4.78 is 67.3. The molecule has 1 aliphatic rings. The Hall–Kier alpha value is -3.12. The maximum atomic E-state index is 12.9. The first-order chi connectivity index (χ1) is 14.6. The number of carbonyl (C=O) groups excluding carboxylic acids is 2. The van der Waals surface area contributed by atoms with Crippen LogP contribution in [0.1, 0.15) is 6.42 Å². The summed E-state index contributed by atoms with van der Waals surface area (Å²) in [6, 6.07) is 10.7. The van der Waals surface area contributed by atoms with Crippen molar-refractivity contribution in [2.75, 3.05) is 18.4 Å². The summed E-state index contributed by atoms with van der Waals surface area (Å²) in [5.74, 6) is -1.76. The van der Waals surface area contributed by atoms with E-state index in [4.69, 9.17) is 0 Å². The van der Waals surface area contributed by atoms with E-state index in [1.165, 1.54) is 24.3 Å². The Kier molecular flexibility index (Phi) is 6.51. The summed E-state index contributed by atoms with van der Waals surface area (Å²) >= 11 is 0. The Balaban J connectivity index is 1.71. The average Bonchev–Trinajstić information content (AvgIpc) is 2.70. The van der Waals surface area contributed by atoms with Gasteiger partial charge in [0.2, 0.25) is 21.8 Å². The second-order valence-corrected chi connectivity index (χ2v) is 8.45. The molecule has 1 saturated heterocycles. The molecule has 31 heavy (non-hydrogen) atoms. The largest absolute Gasteiger partial charge is 0.573 e. The van der Waals surface area contributed by atoms with Gasteiger partial charge in [-0.3, -0.25) is 9.59 Å². The van der Waals surface area contributed by atoms with Crippen LogP contribution < -0.4 is 15.4 Å². The monoisotopic (exact) mass is 457 g/mol. The van der Waals surface area contributed by atoms with Crippen molar-refractivity contribution in [2.24, 2.45) is 0 Å². The number of nitrogens with one attached hydrogen (secondary N) is 2. The molecule has 2 aromatic rings. The van der Waals surface area contributed by atoms with Gasteiger partial charge in [0, 0.05) is 18.8 Å². The van der Waals surface area contributed by atoms with Crippen LogP contribution in [0.25, 0.3) is 0 Å². The summed E-state index contributed by atoms with van der Waals surface area (Å²) in [4.78, 5) is 24.7. The highest BCUT2D eigenvalue weighted by Crippen LogP contribution is 2.25. The van der Waals surface area contributed by atoms with Crippen molar-refractivity contribution in [1.29, 1.82) is 0 Å². The van der Waals surface area contributed by atoms with Crippen LogP contribution in [0.15, 0.2) is 59.5 Å². The fraction of sp³-hybridized carbons (Fsp3) is 0.263. The van der Waals surface area contributed by atoms with Crippen LogP contribution in [0.2, 0.25) is 0 Å². The minimum atomic E-state index is -4.84. The fourth-order valence-corrected chi connectivity index (χ4v) is 4.64. The van der Waals surface area contributed by atoms with Gasteiger partial charge in [0.15, 0.2) is 0 Å². The van der Waals surface area contributed by atoms with Gasteiger partial charge in [0.05, 0.1) is 11.3 Å². The van der Waals surface area contributed by atoms with Gasteiger partial charge in [-0.2, -0.15) is 4.31 Å². The molecule has 1 heterocycles. The predicted molar refractivity (Wildman–Crippen MR) is 104 cm³/mol. The number of ether oxygens (including phenoxy) is 1. The highest BCUT2D eigenvalue weighted by molar-refractivity contribution is 7.89. The number of benzene rings is 2. The molecule has 3 rings (SSSR count). The van der Waals surface area contributed by atoms with E-state index in [1.807, 2.05) is 0 Å². The van der Waals surface area contributed by atoms with Gasteiger partial charge in [0.1, 0.15) is 11.8 Å². The highest BCUT2D eigenvalue weighted by Gasteiger charge is 2.39. The molecule has 0 spiro atoms. The third kappa shape index (κ3) is 5.73. The zero-order valence-electron chi connectivity index (χ0n) is 15.9. The standard InChI is InChI=1S/C19H18F3N3O5S/c20-19(21,22)30-14-8-6-13(7-9-14)24-17(26)12-16-18(27)23-10-11-25(16)31(28,29)15-4-2-1-3-5-15/h1-9,16H,10-12H2,(H,23,27)(H,24,26). The van der Waals surface area contributed by atoms with Gasteiger partial charge >= 0.3 is 6.36 Å². The first-order valence-corrected chi connectivity index (χ1v) is 10.5. The molecule has 166 valence electrons. The van der Waals surface area contributed by atoms with Crippen LogP contribution in [0.5, 0.6) is 5.75 Å². The normalized spacial score (nSPS) is 17.6. The molecule has 0 radical (unpaired) electrons. The van der Waals surface area contributed by atoms with Crippen LogP contribution >= 0.6 is 0 Å². The molecule has 0 bridgehead atoms. The average molecular weight is 457 g/mol. The predicted octanol–water partition coefficient (Wildman–Crippen LogP) is 2.10. The van der Waals surface area contributed by atoms with E-state index in [1.54, 1.807) is 18.2 Å². The number of hydrogen-bond acceptors (Lipinski definition) is 5. The molecule has 0 aliphatic carbocycles. The van der Waals surface area contributed by atoms with Crippen molar-refractivity contribution in [3.05, 3.63) is 54.6 Å². The maximum absolute atomic E-state index is 12.9. The van der Waals surface area contributed by atoms with Gasteiger partial charge in [-0.05, 0) is 36.4 Å². The van der Waals surface area contributed by atoms with E-state index in [2.05, 4.69) is 15.4 Å². The van der Waals surface area contributed by atoms with Crippen molar-refractivity contribution in [2.45, 2.75) is 23.7 Å². The van der Waals surface area contributed by atoms with Gasteiger partial charge in [0.25, 0.3) is 0 Å². The molecule has 1 atom stereocenters. The van der Waals surface area contributed by atoms with E-state index in [0.29, 0.717) is 0 Å². The Morgan fingerprint density at radius 2 is 1.77 bits per heavy atom. The smallest absolute Gasteiger partial charge is 0.406 e. The molecule has 0 saturated carbocycles. The summed E-state index contributed by atoms with van der Waals surface area (Å²) in [6.45, 7) is 0.0913. The zero-order valence-corrected chi connectivity index (χ0v) is 16.7. The number of carbonyl (C=O) groups is 2. The third-order valence-electron chi connectivity index (χ3n) is 4.38. The van der Waals surface area contributed by atoms with Crippen molar-refractivity contribution in [3.63, 3.8) is 0 Å². The molecule has 1 unspecified atom stereocenters. The Morgan fingerprint density at radius 3 is 2.39 bits per heavy atom. The Labute approximate surface area is 176 Å². The quantitative estimate of drug-likeness (QED) is 0.692. The molecule has 2 amide bonds. The van der Waals surface area contributed by atoms with Gasteiger partial charge in [-0.1, -0.05) is 18.2 Å². The summed E-state index contributed by atoms with van der Waals surface area (Å²) in [6.07, 6.45) is -5.31. The summed E-state index contributed by atoms with van der Waals surface area (Å²) in [5.41, 5.74) is 0.160. The number of anilines is 1. The van der Waals surface area contributed by atoms with Crippen LogP contribution in [-0.4, -0.2) is 50.0 Å². The van der Waals surface area contributed by atoms with Crippen LogP contribution in [-0.2, 0) is 19.6 Å². The SMILES string of the molecule is O=C(CC1C(=O)NCCN1S(=O)(=O)c1ccccc1)Nc1ccc(OC(F)(F)F)cc1. The minimum absolute atomic E-state index is 0.00429. The van der Waals surface area contributed by atoms with Crippen molar-refractivity contribution in [3.8, 4) is 5.75 Å². The lowest BCUT2D eigenvalue weighted by Gasteiger charge is -2.33. The molecular weight excluding hydrogens is 439 g/mol. The van der Waals surface area contributed by atoms with Crippen molar-refractivity contribution < 1.29 is 35.9 Å². The lowest BCUT2D eigenvalue weighted by atomic mass is 10.1. The summed E-state index contributed by atoms with van der Waals surface area (Å²) in [7, 11) is -4.02. The molecule has 1 aliphatic heterocycles. The van der Waals surface area contributed by atoms with E-state index in [0.717, 1.165) is 16.4 Å². The number of amides is 2. The maximum Gasteiger partial charge on any atom is 0.573 e. The molecule has 2 aromatic carbocycles. The van der Waals surface area contributed by atoms with Crippen molar-refractivity contribution in [1.82, 2.24) is 9.62 Å². The second kappa shape index (κ2) is 8.94. The van der Waals surface area contributed by atoms with E-state index in [-0.39, 0.29) is 23.7 Å². The van der Waals surface area contributed by atoms with E-state index in [9.17, 15) is 31.2 Å². The lowest BCUT2D eigenvalue weighted by Crippen LogP contribution is -2.57. The highest BCUT2D eigenvalue weighted by atomic mass is 32.2. The number of hydrogen-bond donors (Lipinski definition) is 2. The molecule has 2 N–H and O–H groups in total. The second-order valence-electron chi connectivity index (χ2n) is 6.56. The zero-order chi connectivity index (χ0) is 22.6. The Morgan fingerprint density at radius 1 is 1.13 bits per heavy atom. The molecular formula is C19H18F3N3O5S. The van der Waals surface area contributed by atoms with Crippen LogP contribution in [0, 0.1) is 0 Å². The number of rotatable bonds is 6. The van der Waals surface area contributed by atoms with E-state index >= 15 is 0 Å². The lowest BCUT2D eigenvalue weighted by molar-refractivity contribution is -0.274. The number of nitrogens with zero attached hydrogens (tertiary/aromatic N) is 1. The first-order valence-electron chi connectivity index (χ1n) is 9.06. The molecule has 8 nitrogen and oxygen atoms in total. The number of halogens is 3. The third-order valence-corrected chi connectivity index (χ3v) is 6.30. The van der Waals surface area contributed by atoms with Gasteiger partial charge < -0.3 is 15.4 Å². The summed E-state index contributed by atoms with van der Waals surface area (Å²) in [5, 5.41) is 4.97.